The van der Waals surface area contributed by atoms with E-state index in [0.717, 1.165) is 83.9 Å². The molecule has 0 aliphatic carbocycles. The van der Waals surface area contributed by atoms with Crippen molar-refractivity contribution >= 4 is 79.0 Å². The minimum Gasteiger partial charge on any atom is -0.311 e. The smallest absolute Gasteiger partial charge is 0.252 e. The number of nitrogens with zero attached hydrogens (tertiary/aromatic N) is 3. The molecule has 0 atom stereocenters. The van der Waals surface area contributed by atoms with Crippen molar-refractivity contribution in [3.05, 3.63) is 239 Å². The van der Waals surface area contributed by atoms with Gasteiger partial charge in [0.1, 0.15) is 0 Å². The van der Waals surface area contributed by atoms with Gasteiger partial charge in [-0.05, 0) is 182 Å². The normalized spacial score (nSPS) is 15.0. The van der Waals surface area contributed by atoms with E-state index >= 15 is 0 Å². The minimum absolute atomic E-state index is 0.0351. The van der Waals surface area contributed by atoms with Gasteiger partial charge in [-0.1, -0.05) is 264 Å². The summed E-state index contributed by atoms with van der Waals surface area (Å²) in [7, 11) is 0. The SMILES string of the molecule is [2H]c1c([2H])c([2H])c2c(c1[2H])c1c([2H])c([2H])c([2H])c([2H])c1n2-c1ccc2c(c1)N(c1ccc(-c3cc(C(C)(C)C)cc(C(C)(C)C)c3)cc1)c1cccc3c1B2c1cc(-c2cc(C(C)(C)C)cc(C(C)(C)C)c2)ccc1N3c1cccc(-c2cc(C(C)(C)C)cc(C(C)(C)C)c2)c1. The minimum atomic E-state index is -0.480. The van der Waals surface area contributed by atoms with Gasteiger partial charge in [0, 0.05) is 50.6 Å². The molecule has 0 spiro atoms. The lowest BCUT2D eigenvalue weighted by atomic mass is 9.33. The molecule has 0 N–H and O–H groups in total. The molecule has 0 unspecified atom stereocenters. The van der Waals surface area contributed by atoms with E-state index in [1.54, 1.807) is 4.57 Å². The number of aromatic nitrogens is 1. The Labute approximate surface area is 537 Å². The molecular weight excluding hydrogens is 1060 g/mol. The van der Waals surface area contributed by atoms with E-state index in [1.165, 1.54) is 33.4 Å². The molecule has 0 radical (unpaired) electrons. The summed E-state index contributed by atoms with van der Waals surface area (Å²) in [5.74, 6) is 0. The summed E-state index contributed by atoms with van der Waals surface area (Å²) < 4.78 is 75.4. The Morgan fingerprint density at radius 1 is 0.295 bits per heavy atom. The Morgan fingerprint density at radius 3 is 1.16 bits per heavy atom. The monoisotopic (exact) mass is 1160 g/mol. The Kier molecular flexibility index (Phi) is 11.6. The predicted molar refractivity (Wildman–Crippen MR) is 383 cm³/mol. The highest BCUT2D eigenvalue weighted by Crippen LogP contribution is 2.48. The van der Waals surface area contributed by atoms with E-state index in [1.807, 2.05) is 6.07 Å². The fourth-order valence-electron chi connectivity index (χ4n) is 13.1. The van der Waals surface area contributed by atoms with Crippen molar-refractivity contribution in [2.45, 2.75) is 157 Å². The number of para-hydroxylation sites is 2. The molecule has 0 saturated carbocycles. The molecule has 11 aromatic rings. The number of anilines is 6. The van der Waals surface area contributed by atoms with Gasteiger partial charge in [0.05, 0.1) is 22.0 Å². The Balaban J connectivity index is 1.12. The maximum Gasteiger partial charge on any atom is 0.252 e. The standard InChI is InChI=1S/C84H88BN3/c1-79(2,3)59-41-56(42-60(49-59)80(4,5)6)53-33-36-65(37-34-53)86-75-31-24-32-76-78(75)85(70-39-38-67(52-77(70)86)87-72-29-21-19-27-68(72)69-28-20-22-30-73(69)87)71-48-55(58-45-63(83(13,14)15)51-64(46-58)84(16,17)18)35-40-74(71)88(76)66-26-23-25-54(47-66)57-43-61(81(7,8)9)50-62(44-57)82(10,11)12/h19-52H,1-18H3/i19D,20D,21D,22D,27D,28D,29D,30D. The topological polar surface area (TPSA) is 11.4 Å². The van der Waals surface area contributed by atoms with Crippen LogP contribution in [0.2, 0.25) is 0 Å². The fraction of sp³-hybridized carbons (Fsp3) is 0.286. The highest BCUT2D eigenvalue weighted by atomic mass is 15.2. The molecule has 0 saturated heterocycles. The lowest BCUT2D eigenvalue weighted by molar-refractivity contribution is 0.568. The van der Waals surface area contributed by atoms with Crippen LogP contribution in [0.1, 0.15) is 169 Å². The lowest BCUT2D eigenvalue weighted by Crippen LogP contribution is -2.61. The summed E-state index contributed by atoms with van der Waals surface area (Å²) in [6.07, 6.45) is 0. The number of hydrogen-bond acceptors (Lipinski definition) is 2. The van der Waals surface area contributed by atoms with Crippen LogP contribution in [-0.4, -0.2) is 11.3 Å². The van der Waals surface area contributed by atoms with E-state index in [9.17, 15) is 5.48 Å². The first-order valence-electron chi connectivity index (χ1n) is 35.4. The summed E-state index contributed by atoms with van der Waals surface area (Å²) in [6, 6.07) is 55.5. The highest BCUT2D eigenvalue weighted by Gasteiger charge is 2.44. The largest absolute Gasteiger partial charge is 0.311 e. The lowest BCUT2D eigenvalue weighted by Gasteiger charge is -2.44. The van der Waals surface area contributed by atoms with Crippen LogP contribution in [-0.2, 0) is 32.5 Å². The van der Waals surface area contributed by atoms with Crippen LogP contribution in [0.25, 0.3) is 60.9 Å². The summed E-state index contributed by atoms with van der Waals surface area (Å²) >= 11 is 0. The van der Waals surface area contributed by atoms with Gasteiger partial charge in [-0.15, -0.1) is 0 Å². The van der Waals surface area contributed by atoms with E-state index in [0.29, 0.717) is 5.69 Å². The predicted octanol–water partition coefficient (Wildman–Crippen LogP) is 21.7. The third kappa shape index (κ3) is 10.4. The fourth-order valence-corrected chi connectivity index (χ4v) is 13.1. The van der Waals surface area contributed by atoms with Crippen molar-refractivity contribution < 1.29 is 11.0 Å². The van der Waals surface area contributed by atoms with E-state index < -0.39 is 24.2 Å². The molecule has 0 fully saturated rings. The van der Waals surface area contributed by atoms with Crippen molar-refractivity contribution in [1.29, 1.82) is 0 Å². The first-order chi connectivity index (χ1) is 44.7. The van der Waals surface area contributed by atoms with Crippen molar-refractivity contribution in [3.63, 3.8) is 0 Å². The molecule has 10 aromatic carbocycles. The number of benzene rings is 10. The molecule has 3 nitrogen and oxygen atoms in total. The molecule has 88 heavy (non-hydrogen) atoms. The van der Waals surface area contributed by atoms with Gasteiger partial charge in [0.15, 0.2) is 0 Å². The number of rotatable bonds is 6. The number of fused-ring (bicyclic) bond motifs is 7. The summed E-state index contributed by atoms with van der Waals surface area (Å²) in [5.41, 5.74) is 23.2. The number of hydrogen-bond donors (Lipinski definition) is 0. The van der Waals surface area contributed by atoms with Crippen molar-refractivity contribution in [1.82, 2.24) is 4.57 Å². The highest BCUT2D eigenvalue weighted by molar-refractivity contribution is 7.00. The summed E-state index contributed by atoms with van der Waals surface area (Å²) in [6.45, 7) is 40.6. The van der Waals surface area contributed by atoms with Crippen LogP contribution >= 0.6 is 0 Å². The second-order valence-corrected chi connectivity index (χ2v) is 31.1. The molecular formula is C84H88BN3. The Morgan fingerprint density at radius 2 is 0.693 bits per heavy atom. The van der Waals surface area contributed by atoms with Gasteiger partial charge in [-0.25, -0.2) is 0 Å². The van der Waals surface area contributed by atoms with Gasteiger partial charge >= 0.3 is 0 Å². The maximum atomic E-state index is 9.58. The molecule has 0 amide bonds. The summed E-state index contributed by atoms with van der Waals surface area (Å²) in [5, 5.41) is 0.0702. The van der Waals surface area contributed by atoms with E-state index in [-0.39, 0.29) is 85.2 Å². The second-order valence-electron chi connectivity index (χ2n) is 31.1. The maximum absolute atomic E-state index is 9.58. The molecule has 2 aliphatic heterocycles. The van der Waals surface area contributed by atoms with E-state index in [2.05, 4.69) is 286 Å². The average molecular weight is 1160 g/mol. The van der Waals surface area contributed by atoms with Gasteiger partial charge in [-0.3, -0.25) is 0 Å². The van der Waals surface area contributed by atoms with Crippen molar-refractivity contribution in [2.75, 3.05) is 9.80 Å². The molecule has 4 heteroatoms. The van der Waals surface area contributed by atoms with Crippen molar-refractivity contribution in [3.8, 4) is 39.1 Å². The third-order valence-corrected chi connectivity index (χ3v) is 18.5. The molecule has 0 bridgehead atoms. The molecule has 442 valence electrons. The van der Waals surface area contributed by atoms with Crippen LogP contribution in [0.15, 0.2) is 206 Å². The van der Waals surface area contributed by atoms with Crippen LogP contribution in [0.5, 0.6) is 0 Å². The van der Waals surface area contributed by atoms with Gasteiger partial charge < -0.3 is 14.4 Å². The molecule has 2 aliphatic rings. The first kappa shape index (κ1) is 49.6. The van der Waals surface area contributed by atoms with Crippen LogP contribution in [0.4, 0.5) is 34.1 Å². The average Bonchev–Trinajstić information content (AvgIpc) is 1.47. The Hall–Kier alpha value is -8.34. The van der Waals surface area contributed by atoms with Gasteiger partial charge in [-0.2, -0.15) is 0 Å². The van der Waals surface area contributed by atoms with Gasteiger partial charge in [0.25, 0.3) is 6.71 Å². The Bertz CT molecular complexity index is 4880. The molecule has 13 rings (SSSR count). The summed E-state index contributed by atoms with van der Waals surface area (Å²) in [4.78, 5) is 4.77. The van der Waals surface area contributed by atoms with Crippen LogP contribution in [0.3, 0.4) is 0 Å². The van der Waals surface area contributed by atoms with Crippen molar-refractivity contribution in [2.24, 2.45) is 0 Å². The van der Waals surface area contributed by atoms with Gasteiger partial charge in [0.2, 0.25) is 0 Å². The molecule has 3 heterocycles. The zero-order valence-electron chi connectivity index (χ0n) is 62.9. The quantitative estimate of drug-likeness (QED) is 0.154. The second kappa shape index (κ2) is 20.6. The molecule has 1 aromatic heterocycles. The zero-order chi connectivity index (χ0) is 69.3. The van der Waals surface area contributed by atoms with Crippen LogP contribution < -0.4 is 26.2 Å². The van der Waals surface area contributed by atoms with E-state index in [4.69, 9.17) is 5.48 Å². The third-order valence-electron chi connectivity index (χ3n) is 18.5. The zero-order valence-corrected chi connectivity index (χ0v) is 54.9. The van der Waals surface area contributed by atoms with Crippen LogP contribution in [0, 0.1) is 0 Å². The first-order valence-corrected chi connectivity index (χ1v) is 31.4.